The number of hydrogen-bond donors (Lipinski definition) is 1. The second-order valence-corrected chi connectivity index (χ2v) is 8.64. The number of benzene rings is 1. The monoisotopic (exact) mass is 386 g/mol. The predicted octanol–water partition coefficient (Wildman–Crippen LogP) is 4.36. The molecule has 0 amide bonds. The van der Waals surface area contributed by atoms with E-state index in [1.165, 1.54) is 25.3 Å². The van der Waals surface area contributed by atoms with Crippen molar-refractivity contribution in [3.63, 3.8) is 0 Å². The molecule has 0 spiro atoms. The highest BCUT2D eigenvalue weighted by Gasteiger charge is 2.58. The molecule has 0 unspecified atom stereocenters. The SMILES string of the molecule is CCCCCC[C@@H]1C(=O)[C@@H]2[C@@H](COC(C)=O)C[C@@H](CO)[C@@H]2[C@H]1c1ccccc1. The number of carbonyl (C=O) groups excluding carboxylic acids is 2. The number of Topliss-reactive ketones (excluding diaryl/α,β-unsaturated/α-hetero) is 1. The van der Waals surface area contributed by atoms with Crippen molar-refractivity contribution in [3.05, 3.63) is 35.9 Å². The van der Waals surface area contributed by atoms with Crippen molar-refractivity contribution in [2.24, 2.45) is 29.6 Å². The summed E-state index contributed by atoms with van der Waals surface area (Å²) in [4.78, 5) is 24.9. The molecule has 4 nitrogen and oxygen atoms in total. The molecule has 1 N–H and O–H groups in total. The number of aliphatic hydroxyl groups excluding tert-OH is 1. The maximum absolute atomic E-state index is 13.5. The highest BCUT2D eigenvalue weighted by atomic mass is 16.5. The van der Waals surface area contributed by atoms with Crippen molar-refractivity contribution in [3.8, 4) is 0 Å². The van der Waals surface area contributed by atoms with Gasteiger partial charge in [0.05, 0.1) is 6.61 Å². The number of ether oxygens (including phenoxy) is 1. The zero-order chi connectivity index (χ0) is 20.1. The van der Waals surface area contributed by atoms with E-state index in [0.717, 1.165) is 25.7 Å². The van der Waals surface area contributed by atoms with E-state index < -0.39 is 0 Å². The van der Waals surface area contributed by atoms with Gasteiger partial charge in [0, 0.05) is 31.3 Å². The van der Waals surface area contributed by atoms with Gasteiger partial charge in [-0.3, -0.25) is 9.59 Å². The van der Waals surface area contributed by atoms with Gasteiger partial charge in [-0.1, -0.05) is 62.9 Å². The fourth-order valence-corrected chi connectivity index (χ4v) is 5.77. The number of carbonyl (C=O) groups is 2. The summed E-state index contributed by atoms with van der Waals surface area (Å²) in [6.07, 6.45) is 6.31. The lowest BCUT2D eigenvalue weighted by atomic mass is 9.76. The van der Waals surface area contributed by atoms with Crippen LogP contribution in [0.5, 0.6) is 0 Å². The third kappa shape index (κ3) is 4.32. The Morgan fingerprint density at radius 1 is 1.11 bits per heavy atom. The van der Waals surface area contributed by atoms with Crippen LogP contribution in [-0.2, 0) is 14.3 Å². The molecule has 0 heterocycles. The fraction of sp³-hybridized carbons (Fsp3) is 0.667. The van der Waals surface area contributed by atoms with Crippen LogP contribution in [0, 0.1) is 29.6 Å². The Morgan fingerprint density at radius 2 is 1.86 bits per heavy atom. The lowest BCUT2D eigenvalue weighted by Crippen LogP contribution is -2.25. The standard InChI is InChI=1S/C24H34O4/c1-3-4-5-9-12-20-21(17-10-7-6-8-11-17)22-18(14-25)13-19(15-28-16(2)26)23(22)24(20)27/h6-8,10-11,18-23,25H,3-5,9,12-15H2,1-2H3/t18-,19+,20-,21-,22+,23+/m0/s1. The third-order valence-corrected chi connectivity index (χ3v) is 6.90. The smallest absolute Gasteiger partial charge is 0.302 e. The Hall–Kier alpha value is -1.68. The number of unbranched alkanes of at least 4 members (excludes halogenated alkanes) is 3. The minimum atomic E-state index is -0.301. The minimum absolute atomic E-state index is 0.0171. The number of fused-ring (bicyclic) bond motifs is 1. The number of ketones is 1. The van der Waals surface area contributed by atoms with E-state index in [1.54, 1.807) is 0 Å². The van der Waals surface area contributed by atoms with Crippen molar-refractivity contribution in [1.82, 2.24) is 0 Å². The van der Waals surface area contributed by atoms with Crippen LogP contribution >= 0.6 is 0 Å². The van der Waals surface area contributed by atoms with Gasteiger partial charge in [0.25, 0.3) is 0 Å². The summed E-state index contributed by atoms with van der Waals surface area (Å²) in [6.45, 7) is 4.00. The quantitative estimate of drug-likeness (QED) is 0.506. The maximum atomic E-state index is 13.5. The van der Waals surface area contributed by atoms with E-state index in [1.807, 2.05) is 18.2 Å². The van der Waals surface area contributed by atoms with Crippen LogP contribution in [0.4, 0.5) is 0 Å². The normalized spacial score (nSPS) is 31.8. The molecule has 3 rings (SSSR count). The second-order valence-electron chi connectivity index (χ2n) is 8.64. The van der Waals surface area contributed by atoms with E-state index in [0.29, 0.717) is 12.4 Å². The number of aliphatic hydroxyl groups is 1. The van der Waals surface area contributed by atoms with Gasteiger partial charge in [0.1, 0.15) is 5.78 Å². The molecular weight excluding hydrogens is 352 g/mol. The largest absolute Gasteiger partial charge is 0.466 e. The Kier molecular flexibility index (Phi) is 7.28. The van der Waals surface area contributed by atoms with Gasteiger partial charge in [0.2, 0.25) is 0 Å². The molecule has 0 saturated heterocycles. The number of esters is 1. The topological polar surface area (TPSA) is 63.6 Å². The molecular formula is C24H34O4. The molecule has 0 aliphatic heterocycles. The molecule has 1 aromatic carbocycles. The summed E-state index contributed by atoms with van der Waals surface area (Å²) in [5, 5.41) is 10.1. The van der Waals surface area contributed by atoms with Crippen LogP contribution in [-0.4, -0.2) is 30.1 Å². The predicted molar refractivity (Wildman–Crippen MR) is 109 cm³/mol. The summed E-state index contributed by atoms with van der Waals surface area (Å²) in [7, 11) is 0. The van der Waals surface area contributed by atoms with Crippen molar-refractivity contribution >= 4 is 11.8 Å². The van der Waals surface area contributed by atoms with Crippen LogP contribution in [0.3, 0.4) is 0 Å². The molecule has 0 radical (unpaired) electrons. The molecule has 2 aliphatic carbocycles. The first-order valence-electron chi connectivity index (χ1n) is 10.9. The lowest BCUT2D eigenvalue weighted by molar-refractivity contribution is -0.143. The summed E-state index contributed by atoms with van der Waals surface area (Å²) in [5.74, 6) is 0.400. The molecule has 6 atom stereocenters. The zero-order valence-corrected chi connectivity index (χ0v) is 17.2. The van der Waals surface area contributed by atoms with Crippen molar-refractivity contribution in [2.75, 3.05) is 13.2 Å². The van der Waals surface area contributed by atoms with Gasteiger partial charge >= 0.3 is 5.97 Å². The highest BCUT2D eigenvalue weighted by molar-refractivity contribution is 5.88. The van der Waals surface area contributed by atoms with Crippen molar-refractivity contribution < 1.29 is 19.4 Å². The zero-order valence-electron chi connectivity index (χ0n) is 17.2. The summed E-state index contributed by atoms with van der Waals surface area (Å²) >= 11 is 0. The Labute approximate surface area is 168 Å². The van der Waals surface area contributed by atoms with Gasteiger partial charge in [0.15, 0.2) is 0 Å². The third-order valence-electron chi connectivity index (χ3n) is 6.90. The molecule has 0 bridgehead atoms. The van der Waals surface area contributed by atoms with Crippen LogP contribution in [0.25, 0.3) is 0 Å². The maximum Gasteiger partial charge on any atom is 0.302 e. The average molecular weight is 387 g/mol. The van der Waals surface area contributed by atoms with Gasteiger partial charge in [-0.25, -0.2) is 0 Å². The Bertz CT molecular complexity index is 656. The number of rotatable bonds is 9. The van der Waals surface area contributed by atoms with E-state index in [-0.39, 0.29) is 48.1 Å². The molecule has 0 aromatic heterocycles. The van der Waals surface area contributed by atoms with E-state index in [2.05, 4.69) is 19.1 Å². The molecule has 2 saturated carbocycles. The van der Waals surface area contributed by atoms with Crippen LogP contribution < -0.4 is 0 Å². The van der Waals surface area contributed by atoms with Gasteiger partial charge in [-0.05, 0) is 36.2 Å². The Balaban J connectivity index is 1.87. The minimum Gasteiger partial charge on any atom is -0.466 e. The summed E-state index contributed by atoms with van der Waals surface area (Å²) in [5.41, 5.74) is 1.22. The van der Waals surface area contributed by atoms with E-state index in [4.69, 9.17) is 4.74 Å². The molecule has 2 aliphatic rings. The molecule has 154 valence electrons. The van der Waals surface area contributed by atoms with Crippen molar-refractivity contribution in [1.29, 1.82) is 0 Å². The van der Waals surface area contributed by atoms with Crippen molar-refractivity contribution in [2.45, 2.75) is 58.3 Å². The molecule has 1 aromatic rings. The highest BCUT2D eigenvalue weighted by Crippen LogP contribution is 2.58. The lowest BCUT2D eigenvalue weighted by Gasteiger charge is -2.27. The molecule has 2 fully saturated rings. The van der Waals surface area contributed by atoms with Crippen LogP contribution in [0.15, 0.2) is 30.3 Å². The van der Waals surface area contributed by atoms with Gasteiger partial charge < -0.3 is 9.84 Å². The number of hydrogen-bond acceptors (Lipinski definition) is 4. The molecule has 4 heteroatoms. The van der Waals surface area contributed by atoms with Gasteiger partial charge in [-0.15, -0.1) is 0 Å². The summed E-state index contributed by atoms with van der Waals surface area (Å²) in [6, 6.07) is 10.4. The molecule has 28 heavy (non-hydrogen) atoms. The second kappa shape index (κ2) is 9.69. The first kappa shape index (κ1) is 21.0. The first-order valence-corrected chi connectivity index (χ1v) is 10.9. The van der Waals surface area contributed by atoms with E-state index >= 15 is 0 Å². The average Bonchev–Trinajstić information content (AvgIpc) is 3.20. The fourth-order valence-electron chi connectivity index (χ4n) is 5.77. The van der Waals surface area contributed by atoms with E-state index in [9.17, 15) is 14.7 Å². The van der Waals surface area contributed by atoms with Gasteiger partial charge in [-0.2, -0.15) is 0 Å². The van der Waals surface area contributed by atoms with Crippen LogP contribution in [0.1, 0.15) is 63.9 Å². The Morgan fingerprint density at radius 3 is 2.50 bits per heavy atom. The van der Waals surface area contributed by atoms with Crippen LogP contribution in [0.2, 0.25) is 0 Å². The first-order chi connectivity index (χ1) is 13.6. The summed E-state index contributed by atoms with van der Waals surface area (Å²) < 4.78 is 5.29.